The number of rotatable bonds is 7. The molecule has 1 N–H and O–H groups in total. The SMILES string of the molecule is Cc1ccccc1C(=O)N(CCCNC(=O)c1cccc2ccccc12)c1cccc(C(F)(F)F)c1. The van der Waals surface area contributed by atoms with E-state index in [1.165, 1.54) is 17.0 Å². The van der Waals surface area contributed by atoms with Gasteiger partial charge in [-0.2, -0.15) is 13.2 Å². The van der Waals surface area contributed by atoms with Crippen molar-refractivity contribution in [3.63, 3.8) is 0 Å². The van der Waals surface area contributed by atoms with Crippen LogP contribution in [0.4, 0.5) is 18.9 Å². The first-order chi connectivity index (χ1) is 17.3. The van der Waals surface area contributed by atoms with E-state index in [1.54, 1.807) is 37.3 Å². The summed E-state index contributed by atoms with van der Waals surface area (Å²) in [6.07, 6.45) is -4.18. The Labute approximate surface area is 207 Å². The molecule has 4 rings (SSSR count). The average Bonchev–Trinajstić information content (AvgIpc) is 2.87. The molecule has 0 saturated heterocycles. The molecule has 0 unspecified atom stereocenters. The van der Waals surface area contributed by atoms with Crippen molar-refractivity contribution in [3.8, 4) is 0 Å². The maximum Gasteiger partial charge on any atom is 0.416 e. The topological polar surface area (TPSA) is 49.4 Å². The molecule has 0 aromatic heterocycles. The quantitative estimate of drug-likeness (QED) is 0.296. The van der Waals surface area contributed by atoms with E-state index in [1.807, 2.05) is 36.4 Å². The summed E-state index contributed by atoms with van der Waals surface area (Å²) in [6.45, 7) is 2.16. The number of alkyl halides is 3. The molecule has 0 fully saturated rings. The Hall–Kier alpha value is -4.13. The van der Waals surface area contributed by atoms with Crippen LogP contribution in [0.5, 0.6) is 0 Å². The van der Waals surface area contributed by atoms with Gasteiger partial charge in [0.25, 0.3) is 11.8 Å². The summed E-state index contributed by atoms with van der Waals surface area (Å²) in [6, 6.07) is 24.7. The van der Waals surface area contributed by atoms with Crippen LogP contribution >= 0.6 is 0 Å². The minimum Gasteiger partial charge on any atom is -0.352 e. The van der Waals surface area contributed by atoms with Gasteiger partial charge in [0.15, 0.2) is 0 Å². The van der Waals surface area contributed by atoms with E-state index < -0.39 is 17.6 Å². The predicted octanol–water partition coefficient (Wildman–Crippen LogP) is 6.63. The third-order valence-electron chi connectivity index (χ3n) is 5.98. The molecule has 4 aromatic rings. The van der Waals surface area contributed by atoms with Gasteiger partial charge in [0.2, 0.25) is 0 Å². The number of hydrogen-bond donors (Lipinski definition) is 1. The second-order valence-corrected chi connectivity index (χ2v) is 8.46. The maximum atomic E-state index is 13.4. The largest absolute Gasteiger partial charge is 0.416 e. The summed E-state index contributed by atoms with van der Waals surface area (Å²) in [7, 11) is 0. The van der Waals surface area contributed by atoms with Crippen LogP contribution in [-0.4, -0.2) is 24.9 Å². The van der Waals surface area contributed by atoms with E-state index in [9.17, 15) is 22.8 Å². The van der Waals surface area contributed by atoms with Gasteiger partial charge in [0, 0.05) is 29.9 Å². The highest BCUT2D eigenvalue weighted by atomic mass is 19.4. The lowest BCUT2D eigenvalue weighted by Crippen LogP contribution is -2.35. The molecule has 7 heteroatoms. The molecule has 4 nitrogen and oxygen atoms in total. The van der Waals surface area contributed by atoms with Gasteiger partial charge in [-0.15, -0.1) is 0 Å². The van der Waals surface area contributed by atoms with E-state index in [0.717, 1.165) is 28.5 Å². The number of carbonyl (C=O) groups is 2. The number of fused-ring (bicyclic) bond motifs is 1. The monoisotopic (exact) mass is 490 g/mol. The Morgan fingerprint density at radius 3 is 2.28 bits per heavy atom. The number of amides is 2. The number of benzene rings is 4. The molecule has 0 atom stereocenters. The van der Waals surface area contributed by atoms with Crippen LogP contribution in [-0.2, 0) is 6.18 Å². The van der Waals surface area contributed by atoms with E-state index in [2.05, 4.69) is 5.32 Å². The molecule has 0 radical (unpaired) electrons. The summed E-state index contributed by atoms with van der Waals surface area (Å²) < 4.78 is 40.0. The van der Waals surface area contributed by atoms with Crippen LogP contribution in [0.2, 0.25) is 0 Å². The number of aryl methyl sites for hydroxylation is 1. The fourth-order valence-corrected chi connectivity index (χ4v) is 4.11. The van der Waals surface area contributed by atoms with Crippen molar-refractivity contribution < 1.29 is 22.8 Å². The van der Waals surface area contributed by atoms with Crippen LogP contribution in [0.3, 0.4) is 0 Å². The molecule has 0 aliphatic carbocycles. The fourth-order valence-electron chi connectivity index (χ4n) is 4.11. The van der Waals surface area contributed by atoms with E-state index in [4.69, 9.17) is 0 Å². The molecule has 184 valence electrons. The van der Waals surface area contributed by atoms with Gasteiger partial charge in [-0.25, -0.2) is 0 Å². The normalized spacial score (nSPS) is 11.3. The number of halogens is 3. The average molecular weight is 491 g/mol. The van der Waals surface area contributed by atoms with Crippen LogP contribution < -0.4 is 10.2 Å². The first-order valence-corrected chi connectivity index (χ1v) is 11.6. The zero-order valence-corrected chi connectivity index (χ0v) is 19.7. The van der Waals surface area contributed by atoms with Crippen molar-refractivity contribution >= 4 is 28.3 Å². The minimum atomic E-state index is -4.53. The minimum absolute atomic E-state index is 0.129. The van der Waals surface area contributed by atoms with Crippen molar-refractivity contribution in [2.24, 2.45) is 0 Å². The standard InChI is InChI=1S/C29H25F3N2O2/c1-20-9-2-4-14-24(20)28(36)34(23-13-7-12-22(19-23)29(30,31)32)18-8-17-33-27(35)26-16-6-11-21-10-3-5-15-25(21)26/h2-7,9-16,19H,8,17-18H2,1H3,(H,33,35). The van der Waals surface area contributed by atoms with Gasteiger partial charge in [-0.05, 0) is 60.0 Å². The highest BCUT2D eigenvalue weighted by molar-refractivity contribution is 6.08. The third kappa shape index (κ3) is 5.57. The third-order valence-corrected chi connectivity index (χ3v) is 5.98. The number of nitrogens with one attached hydrogen (secondary N) is 1. The van der Waals surface area contributed by atoms with E-state index in [0.29, 0.717) is 17.5 Å². The molecule has 36 heavy (non-hydrogen) atoms. The lowest BCUT2D eigenvalue weighted by Gasteiger charge is -2.25. The van der Waals surface area contributed by atoms with Gasteiger partial charge >= 0.3 is 6.18 Å². The zero-order chi connectivity index (χ0) is 25.7. The molecule has 0 spiro atoms. The van der Waals surface area contributed by atoms with Crippen LogP contribution in [0, 0.1) is 6.92 Å². The molecule has 4 aromatic carbocycles. The number of hydrogen-bond acceptors (Lipinski definition) is 2. The second kappa shape index (κ2) is 10.6. The van der Waals surface area contributed by atoms with Gasteiger partial charge < -0.3 is 10.2 Å². The highest BCUT2D eigenvalue weighted by Gasteiger charge is 2.31. The van der Waals surface area contributed by atoms with Crippen molar-refractivity contribution in [2.45, 2.75) is 19.5 Å². The molecule has 0 heterocycles. The summed E-state index contributed by atoms with van der Waals surface area (Å²) in [4.78, 5) is 27.5. The Morgan fingerprint density at radius 2 is 1.50 bits per heavy atom. The summed E-state index contributed by atoms with van der Waals surface area (Å²) in [5.41, 5.74) is 1.00. The lowest BCUT2D eigenvalue weighted by molar-refractivity contribution is -0.137. The van der Waals surface area contributed by atoms with Crippen LogP contribution in [0.15, 0.2) is 91.0 Å². The Bertz CT molecular complexity index is 1390. The molecule has 0 saturated carbocycles. The van der Waals surface area contributed by atoms with E-state index >= 15 is 0 Å². The lowest BCUT2D eigenvalue weighted by atomic mass is 10.0. The van der Waals surface area contributed by atoms with Gasteiger partial charge in [-0.1, -0.05) is 60.7 Å². The Kier molecular flexibility index (Phi) is 7.38. The van der Waals surface area contributed by atoms with Gasteiger partial charge in [0.1, 0.15) is 0 Å². The molecule has 0 aliphatic heterocycles. The molecule has 0 bridgehead atoms. The number of nitrogens with zero attached hydrogens (tertiary/aromatic N) is 1. The van der Waals surface area contributed by atoms with Crippen molar-refractivity contribution in [2.75, 3.05) is 18.0 Å². The van der Waals surface area contributed by atoms with Gasteiger partial charge in [-0.3, -0.25) is 9.59 Å². The Balaban J connectivity index is 1.51. The number of anilines is 1. The fraction of sp³-hybridized carbons (Fsp3) is 0.172. The summed E-state index contributed by atoms with van der Waals surface area (Å²) in [5.74, 6) is -0.643. The van der Waals surface area contributed by atoms with Crippen molar-refractivity contribution in [1.82, 2.24) is 5.32 Å². The predicted molar refractivity (Wildman–Crippen MR) is 135 cm³/mol. The second-order valence-electron chi connectivity index (χ2n) is 8.46. The first-order valence-electron chi connectivity index (χ1n) is 11.6. The zero-order valence-electron chi connectivity index (χ0n) is 19.7. The maximum absolute atomic E-state index is 13.4. The van der Waals surface area contributed by atoms with Crippen molar-refractivity contribution in [3.05, 3.63) is 113 Å². The smallest absolute Gasteiger partial charge is 0.352 e. The molecular formula is C29H25F3N2O2. The Morgan fingerprint density at radius 1 is 0.833 bits per heavy atom. The van der Waals surface area contributed by atoms with Crippen molar-refractivity contribution in [1.29, 1.82) is 0 Å². The molecular weight excluding hydrogens is 465 g/mol. The summed E-state index contributed by atoms with van der Waals surface area (Å²) in [5, 5.41) is 4.65. The molecule has 0 aliphatic rings. The first kappa shape index (κ1) is 25.0. The highest BCUT2D eigenvalue weighted by Crippen LogP contribution is 2.32. The van der Waals surface area contributed by atoms with Gasteiger partial charge in [0.05, 0.1) is 5.56 Å². The van der Waals surface area contributed by atoms with Crippen LogP contribution in [0.25, 0.3) is 10.8 Å². The molecule has 2 amide bonds. The number of carbonyl (C=O) groups excluding carboxylic acids is 2. The van der Waals surface area contributed by atoms with Crippen LogP contribution in [0.1, 0.15) is 38.3 Å². The van der Waals surface area contributed by atoms with E-state index in [-0.39, 0.29) is 24.7 Å². The summed E-state index contributed by atoms with van der Waals surface area (Å²) >= 11 is 0.